The molecule has 2 aromatic rings. The van der Waals surface area contributed by atoms with Gasteiger partial charge in [0.05, 0.1) is 11.7 Å². The lowest BCUT2D eigenvalue weighted by atomic mass is 10.1. The molecule has 1 atom stereocenters. The zero-order valence-corrected chi connectivity index (χ0v) is 10.9. The Morgan fingerprint density at radius 3 is 2.90 bits per heavy atom. The van der Waals surface area contributed by atoms with Crippen molar-refractivity contribution in [2.24, 2.45) is 0 Å². The van der Waals surface area contributed by atoms with E-state index in [4.69, 9.17) is 4.74 Å². The van der Waals surface area contributed by atoms with E-state index >= 15 is 0 Å². The molecular formula is C14H13N3O3. The fourth-order valence-electron chi connectivity index (χ4n) is 2.20. The molecule has 1 unspecified atom stereocenters. The van der Waals surface area contributed by atoms with Crippen molar-refractivity contribution < 1.29 is 9.53 Å². The zero-order chi connectivity index (χ0) is 14.1. The number of carbonyl (C=O) groups is 1. The Hall–Kier alpha value is -2.63. The topological polar surface area (TPSA) is 75.3 Å². The second-order valence-electron chi connectivity index (χ2n) is 4.61. The lowest BCUT2D eigenvalue weighted by Gasteiger charge is -2.34. The molecule has 20 heavy (non-hydrogen) atoms. The van der Waals surface area contributed by atoms with Gasteiger partial charge in [-0.25, -0.2) is 5.10 Å². The molecule has 0 radical (unpaired) electrons. The molecule has 0 spiro atoms. The van der Waals surface area contributed by atoms with Gasteiger partial charge < -0.3 is 4.74 Å². The minimum atomic E-state index is -0.336. The molecule has 1 aliphatic heterocycles. The average molecular weight is 271 g/mol. The van der Waals surface area contributed by atoms with Crippen LogP contribution in [0.3, 0.4) is 0 Å². The third-order valence-electron chi connectivity index (χ3n) is 3.16. The molecular weight excluding hydrogens is 258 g/mol. The first-order valence-corrected chi connectivity index (χ1v) is 6.28. The highest BCUT2D eigenvalue weighted by atomic mass is 16.5. The second kappa shape index (κ2) is 4.80. The van der Waals surface area contributed by atoms with E-state index in [9.17, 15) is 9.59 Å². The van der Waals surface area contributed by atoms with Gasteiger partial charge in [0.15, 0.2) is 0 Å². The van der Waals surface area contributed by atoms with Gasteiger partial charge >= 0.3 is 0 Å². The molecule has 0 fully saturated rings. The summed E-state index contributed by atoms with van der Waals surface area (Å²) >= 11 is 0. The molecule has 3 rings (SSSR count). The number of rotatable bonds is 1. The number of carbonyl (C=O) groups excluding carboxylic acids is 1. The van der Waals surface area contributed by atoms with E-state index in [1.165, 1.54) is 12.1 Å². The van der Waals surface area contributed by atoms with Gasteiger partial charge in [0.2, 0.25) is 0 Å². The number of H-pyrrole nitrogens is 1. The first-order valence-electron chi connectivity index (χ1n) is 6.28. The van der Waals surface area contributed by atoms with Crippen LogP contribution in [0.15, 0.2) is 41.2 Å². The van der Waals surface area contributed by atoms with Gasteiger partial charge in [0.1, 0.15) is 18.1 Å². The fourth-order valence-corrected chi connectivity index (χ4v) is 2.20. The third kappa shape index (κ3) is 2.05. The average Bonchev–Trinajstić information content (AvgIpc) is 2.47. The Labute approximate surface area is 115 Å². The number of aromatic amines is 1. The summed E-state index contributed by atoms with van der Waals surface area (Å²) in [5.41, 5.74) is 0.578. The number of nitrogens with zero attached hydrogens (tertiary/aromatic N) is 2. The van der Waals surface area contributed by atoms with Crippen molar-refractivity contribution in [3.8, 4) is 5.75 Å². The predicted molar refractivity (Wildman–Crippen MR) is 73.1 cm³/mol. The van der Waals surface area contributed by atoms with E-state index < -0.39 is 0 Å². The molecule has 1 aromatic carbocycles. The number of ether oxygens (including phenoxy) is 1. The molecule has 0 saturated heterocycles. The standard InChI is InChI=1S/C14H13N3O3/c1-9-8-20-12-5-3-2-4-11(12)17(9)14(19)10-6-7-13(18)16-15-10/h2-7,9H,8H2,1H3,(H,16,18). The Bertz CT molecular complexity index is 690. The van der Waals surface area contributed by atoms with Gasteiger partial charge in [0.25, 0.3) is 11.5 Å². The van der Waals surface area contributed by atoms with Crippen molar-refractivity contribution in [1.29, 1.82) is 0 Å². The molecule has 6 heteroatoms. The van der Waals surface area contributed by atoms with Crippen LogP contribution in [-0.2, 0) is 0 Å². The smallest absolute Gasteiger partial charge is 0.279 e. The van der Waals surface area contributed by atoms with E-state index in [2.05, 4.69) is 10.2 Å². The Morgan fingerprint density at radius 2 is 2.15 bits per heavy atom. The van der Waals surface area contributed by atoms with Gasteiger partial charge in [-0.15, -0.1) is 0 Å². The van der Waals surface area contributed by atoms with Crippen molar-refractivity contribution in [3.05, 3.63) is 52.4 Å². The van der Waals surface area contributed by atoms with Gasteiger partial charge in [-0.1, -0.05) is 12.1 Å². The lowest BCUT2D eigenvalue weighted by Crippen LogP contribution is -2.45. The van der Waals surface area contributed by atoms with Crippen LogP contribution in [0, 0.1) is 0 Å². The number of benzene rings is 1. The van der Waals surface area contributed by atoms with E-state index in [0.29, 0.717) is 18.0 Å². The normalized spacial score (nSPS) is 17.2. The van der Waals surface area contributed by atoms with Crippen LogP contribution in [-0.4, -0.2) is 28.8 Å². The van der Waals surface area contributed by atoms with Gasteiger partial charge in [0, 0.05) is 6.07 Å². The minimum absolute atomic E-state index is 0.105. The summed E-state index contributed by atoms with van der Waals surface area (Å²) in [7, 11) is 0. The molecule has 0 bridgehead atoms. The Balaban J connectivity index is 2.02. The SMILES string of the molecule is CC1COc2ccccc2N1C(=O)c1ccc(=O)[nH]n1. The Kier molecular flexibility index (Phi) is 2.98. The fraction of sp³-hybridized carbons (Fsp3) is 0.214. The number of para-hydroxylation sites is 2. The maximum atomic E-state index is 12.6. The van der Waals surface area contributed by atoms with Crippen molar-refractivity contribution in [3.63, 3.8) is 0 Å². The van der Waals surface area contributed by atoms with Crippen molar-refractivity contribution in [1.82, 2.24) is 10.2 Å². The lowest BCUT2D eigenvalue weighted by molar-refractivity contribution is 0.0955. The van der Waals surface area contributed by atoms with Crippen LogP contribution in [0.4, 0.5) is 5.69 Å². The number of hydrogen-bond donors (Lipinski definition) is 1. The third-order valence-corrected chi connectivity index (χ3v) is 3.16. The summed E-state index contributed by atoms with van der Waals surface area (Å²) in [6, 6.07) is 9.96. The van der Waals surface area contributed by atoms with E-state index in [1.54, 1.807) is 4.90 Å². The van der Waals surface area contributed by atoms with Crippen LogP contribution in [0.2, 0.25) is 0 Å². The van der Waals surface area contributed by atoms with Crippen LogP contribution < -0.4 is 15.2 Å². The molecule has 1 N–H and O–H groups in total. The molecule has 1 amide bonds. The molecule has 0 aliphatic carbocycles. The maximum Gasteiger partial charge on any atom is 0.279 e. The highest BCUT2D eigenvalue weighted by Gasteiger charge is 2.30. The highest BCUT2D eigenvalue weighted by molar-refractivity contribution is 6.06. The van der Waals surface area contributed by atoms with Crippen LogP contribution in [0.5, 0.6) is 5.75 Å². The summed E-state index contributed by atoms with van der Waals surface area (Å²) in [6.07, 6.45) is 0. The monoisotopic (exact) mass is 271 g/mol. The summed E-state index contributed by atoms with van der Waals surface area (Å²) in [5.74, 6) is 0.410. The van der Waals surface area contributed by atoms with E-state index in [0.717, 1.165) is 0 Å². The summed E-state index contributed by atoms with van der Waals surface area (Å²) in [4.78, 5) is 25.2. The number of fused-ring (bicyclic) bond motifs is 1. The second-order valence-corrected chi connectivity index (χ2v) is 4.61. The first-order chi connectivity index (χ1) is 9.66. The molecule has 6 nitrogen and oxygen atoms in total. The van der Waals surface area contributed by atoms with Crippen LogP contribution >= 0.6 is 0 Å². The van der Waals surface area contributed by atoms with Crippen LogP contribution in [0.25, 0.3) is 0 Å². The highest BCUT2D eigenvalue weighted by Crippen LogP contribution is 2.34. The van der Waals surface area contributed by atoms with Crippen LogP contribution in [0.1, 0.15) is 17.4 Å². The van der Waals surface area contributed by atoms with Crippen molar-refractivity contribution >= 4 is 11.6 Å². The van der Waals surface area contributed by atoms with Crippen molar-refractivity contribution in [2.45, 2.75) is 13.0 Å². The first kappa shape index (κ1) is 12.4. The molecule has 102 valence electrons. The van der Waals surface area contributed by atoms with Gasteiger partial charge in [-0.2, -0.15) is 5.10 Å². The van der Waals surface area contributed by atoms with Crippen molar-refractivity contribution in [2.75, 3.05) is 11.5 Å². The summed E-state index contributed by atoms with van der Waals surface area (Å²) < 4.78 is 5.60. The summed E-state index contributed by atoms with van der Waals surface area (Å²) in [5, 5.41) is 6.07. The van der Waals surface area contributed by atoms with E-state index in [1.807, 2.05) is 31.2 Å². The maximum absolute atomic E-state index is 12.6. The van der Waals surface area contributed by atoms with Gasteiger partial charge in [-0.05, 0) is 25.1 Å². The molecule has 1 aliphatic rings. The summed E-state index contributed by atoms with van der Waals surface area (Å²) in [6.45, 7) is 2.33. The molecule has 1 aromatic heterocycles. The quantitative estimate of drug-likeness (QED) is 0.845. The number of amides is 1. The Morgan fingerprint density at radius 1 is 1.35 bits per heavy atom. The zero-order valence-electron chi connectivity index (χ0n) is 10.9. The number of hydrogen-bond acceptors (Lipinski definition) is 4. The largest absolute Gasteiger partial charge is 0.489 e. The van der Waals surface area contributed by atoms with Gasteiger partial charge in [-0.3, -0.25) is 14.5 Å². The van der Waals surface area contributed by atoms with E-state index in [-0.39, 0.29) is 23.2 Å². The molecule has 0 saturated carbocycles. The minimum Gasteiger partial charge on any atom is -0.489 e. The predicted octanol–water partition coefficient (Wildman–Crippen LogP) is 1.20. The number of nitrogens with one attached hydrogen (secondary N) is 1. The number of anilines is 1. The number of aromatic nitrogens is 2. The molecule has 2 heterocycles.